The van der Waals surface area contributed by atoms with Crippen molar-refractivity contribution in [2.75, 3.05) is 5.32 Å². The van der Waals surface area contributed by atoms with Gasteiger partial charge in [-0.2, -0.15) is 0 Å². The molecule has 0 saturated carbocycles. The number of aryl methyl sites for hydroxylation is 3. The van der Waals surface area contributed by atoms with Gasteiger partial charge in [0.25, 0.3) is 5.91 Å². The molecular weight excluding hydrogens is 382 g/mol. The van der Waals surface area contributed by atoms with Crippen LogP contribution in [0.25, 0.3) is 22.4 Å². The van der Waals surface area contributed by atoms with Crippen molar-refractivity contribution < 1.29 is 13.7 Å². The molecule has 2 aromatic heterocycles. The number of aromatic nitrogens is 2. The Balaban J connectivity index is 1.76. The first-order valence-corrected chi connectivity index (χ1v) is 8.87. The van der Waals surface area contributed by atoms with E-state index < -0.39 is 5.76 Å². The van der Waals surface area contributed by atoms with Gasteiger partial charge in [-0.25, -0.2) is 4.79 Å². The molecule has 0 atom stereocenters. The van der Waals surface area contributed by atoms with Crippen LogP contribution in [0.15, 0.2) is 50.1 Å². The topological polar surface area (TPSA) is 90.3 Å². The number of hydrogen-bond acceptors (Lipinski definition) is 5. The van der Waals surface area contributed by atoms with Crippen molar-refractivity contribution in [1.29, 1.82) is 0 Å². The van der Waals surface area contributed by atoms with Crippen molar-refractivity contribution in [2.24, 2.45) is 7.05 Å². The standard InChI is InChI=1S/C20H16ClN3O4/c1-10-8-16-15(24(3)20(26)27-16)9-14(10)22-19(25)17-11(2)28-23-18(17)12-6-4-5-7-13(12)21/h4-9H,1-3H3,(H,22,25). The Hall–Kier alpha value is -3.32. The van der Waals surface area contributed by atoms with Crippen LogP contribution in [0, 0.1) is 13.8 Å². The number of rotatable bonds is 3. The Labute approximate surface area is 164 Å². The van der Waals surface area contributed by atoms with E-state index in [2.05, 4.69) is 10.5 Å². The molecule has 142 valence electrons. The summed E-state index contributed by atoms with van der Waals surface area (Å²) in [5, 5.41) is 7.36. The molecular formula is C20H16ClN3O4. The quantitative estimate of drug-likeness (QED) is 0.556. The van der Waals surface area contributed by atoms with Gasteiger partial charge >= 0.3 is 5.76 Å². The fraction of sp³-hybridized carbons (Fsp3) is 0.150. The summed E-state index contributed by atoms with van der Waals surface area (Å²) >= 11 is 6.26. The molecule has 0 aliphatic carbocycles. The Kier molecular flexibility index (Phi) is 4.31. The van der Waals surface area contributed by atoms with Gasteiger partial charge < -0.3 is 14.3 Å². The highest BCUT2D eigenvalue weighted by molar-refractivity contribution is 6.33. The Morgan fingerprint density at radius 1 is 1.21 bits per heavy atom. The number of amides is 1. The van der Waals surface area contributed by atoms with E-state index in [1.165, 1.54) is 4.57 Å². The van der Waals surface area contributed by atoms with E-state index in [9.17, 15) is 9.59 Å². The van der Waals surface area contributed by atoms with Gasteiger partial charge in [0.2, 0.25) is 0 Å². The lowest BCUT2D eigenvalue weighted by atomic mass is 10.1. The van der Waals surface area contributed by atoms with Crippen LogP contribution in [-0.2, 0) is 7.05 Å². The van der Waals surface area contributed by atoms with Gasteiger partial charge in [0.15, 0.2) is 5.58 Å². The van der Waals surface area contributed by atoms with E-state index >= 15 is 0 Å². The van der Waals surface area contributed by atoms with E-state index in [0.29, 0.717) is 44.4 Å². The maximum atomic E-state index is 13.0. The number of nitrogens with one attached hydrogen (secondary N) is 1. The normalized spacial score (nSPS) is 11.1. The van der Waals surface area contributed by atoms with Gasteiger partial charge in [-0.15, -0.1) is 0 Å². The minimum Gasteiger partial charge on any atom is -0.408 e. The van der Waals surface area contributed by atoms with Gasteiger partial charge in [0.05, 0.1) is 10.5 Å². The number of carbonyl (C=O) groups excluding carboxylic acids is 1. The second-order valence-corrected chi connectivity index (χ2v) is 6.87. The molecule has 4 aromatic rings. The highest BCUT2D eigenvalue weighted by Crippen LogP contribution is 2.32. The first kappa shape index (κ1) is 18.1. The highest BCUT2D eigenvalue weighted by atomic mass is 35.5. The number of nitrogens with zero attached hydrogens (tertiary/aromatic N) is 2. The molecule has 8 heteroatoms. The number of fused-ring (bicyclic) bond motifs is 1. The third-order valence-electron chi connectivity index (χ3n) is 4.61. The van der Waals surface area contributed by atoms with Crippen molar-refractivity contribution in [3.63, 3.8) is 0 Å². The van der Waals surface area contributed by atoms with Crippen LogP contribution in [0.5, 0.6) is 0 Å². The van der Waals surface area contributed by atoms with Crippen LogP contribution < -0.4 is 11.1 Å². The smallest absolute Gasteiger partial charge is 0.408 e. The number of hydrogen-bond donors (Lipinski definition) is 1. The molecule has 0 aliphatic rings. The zero-order chi connectivity index (χ0) is 20.0. The summed E-state index contributed by atoms with van der Waals surface area (Å²) < 4.78 is 11.8. The molecule has 1 N–H and O–H groups in total. The molecule has 0 unspecified atom stereocenters. The van der Waals surface area contributed by atoms with Crippen LogP contribution in [0.1, 0.15) is 21.7 Å². The van der Waals surface area contributed by atoms with Crippen LogP contribution in [0.2, 0.25) is 5.02 Å². The molecule has 0 saturated heterocycles. The summed E-state index contributed by atoms with van der Waals surface area (Å²) in [6, 6.07) is 10.5. The van der Waals surface area contributed by atoms with Crippen LogP contribution in [0.3, 0.4) is 0 Å². The van der Waals surface area contributed by atoms with Crippen molar-refractivity contribution in [1.82, 2.24) is 9.72 Å². The summed E-state index contributed by atoms with van der Waals surface area (Å²) in [5.41, 5.74) is 3.63. The second-order valence-electron chi connectivity index (χ2n) is 6.46. The fourth-order valence-corrected chi connectivity index (χ4v) is 3.30. The summed E-state index contributed by atoms with van der Waals surface area (Å²) in [4.78, 5) is 24.8. The molecule has 4 rings (SSSR count). The molecule has 7 nitrogen and oxygen atoms in total. The van der Waals surface area contributed by atoms with Crippen LogP contribution in [-0.4, -0.2) is 15.6 Å². The lowest BCUT2D eigenvalue weighted by Gasteiger charge is -2.09. The summed E-state index contributed by atoms with van der Waals surface area (Å²) in [5.74, 6) is -0.472. The summed E-state index contributed by atoms with van der Waals surface area (Å²) in [7, 11) is 1.61. The Morgan fingerprint density at radius 2 is 1.96 bits per heavy atom. The molecule has 2 aromatic carbocycles. The molecule has 28 heavy (non-hydrogen) atoms. The average molecular weight is 398 g/mol. The number of oxazole rings is 1. The van der Waals surface area contributed by atoms with Gasteiger partial charge in [-0.1, -0.05) is 35.0 Å². The van der Waals surface area contributed by atoms with Gasteiger partial charge in [-0.05, 0) is 37.6 Å². The molecule has 0 radical (unpaired) electrons. The largest absolute Gasteiger partial charge is 0.419 e. The molecule has 1 amide bonds. The summed E-state index contributed by atoms with van der Waals surface area (Å²) in [6.07, 6.45) is 0. The van der Waals surface area contributed by atoms with Gasteiger partial charge in [-0.3, -0.25) is 9.36 Å². The maximum Gasteiger partial charge on any atom is 0.419 e. The third-order valence-corrected chi connectivity index (χ3v) is 4.93. The predicted octanol–water partition coefficient (Wildman–Crippen LogP) is 4.31. The highest BCUT2D eigenvalue weighted by Gasteiger charge is 2.24. The van der Waals surface area contributed by atoms with E-state index in [4.69, 9.17) is 20.5 Å². The van der Waals surface area contributed by atoms with Gasteiger partial charge in [0, 0.05) is 18.3 Å². The van der Waals surface area contributed by atoms with E-state index in [0.717, 1.165) is 5.56 Å². The minimum atomic E-state index is -0.464. The molecule has 0 aliphatic heterocycles. The molecule has 0 bridgehead atoms. The number of benzene rings is 2. The van der Waals surface area contributed by atoms with Crippen molar-refractivity contribution in [2.45, 2.75) is 13.8 Å². The zero-order valence-electron chi connectivity index (χ0n) is 15.4. The molecule has 0 fully saturated rings. The zero-order valence-corrected chi connectivity index (χ0v) is 16.1. The number of halogens is 1. The van der Waals surface area contributed by atoms with Crippen LogP contribution >= 0.6 is 11.6 Å². The van der Waals surface area contributed by atoms with E-state index in [1.54, 1.807) is 44.3 Å². The second kappa shape index (κ2) is 6.69. The van der Waals surface area contributed by atoms with Gasteiger partial charge in [0.1, 0.15) is 17.0 Å². The third kappa shape index (κ3) is 2.90. The van der Waals surface area contributed by atoms with Crippen LogP contribution in [0.4, 0.5) is 5.69 Å². The van der Waals surface area contributed by atoms with E-state index in [1.807, 2.05) is 13.0 Å². The SMILES string of the molecule is Cc1cc2oc(=O)n(C)c2cc1NC(=O)c1c(-c2ccccc2Cl)noc1C. The monoisotopic (exact) mass is 397 g/mol. The minimum absolute atomic E-state index is 0.300. The van der Waals surface area contributed by atoms with E-state index in [-0.39, 0.29) is 5.91 Å². The van der Waals surface area contributed by atoms with Crippen molar-refractivity contribution in [3.8, 4) is 11.3 Å². The number of anilines is 1. The Morgan fingerprint density at radius 3 is 2.71 bits per heavy atom. The lowest BCUT2D eigenvalue weighted by Crippen LogP contribution is -2.14. The van der Waals surface area contributed by atoms with Crippen molar-refractivity contribution in [3.05, 3.63) is 68.9 Å². The average Bonchev–Trinajstić information content (AvgIpc) is 3.16. The summed E-state index contributed by atoms with van der Waals surface area (Å²) in [6.45, 7) is 3.48. The van der Waals surface area contributed by atoms with Crippen molar-refractivity contribution >= 4 is 34.3 Å². The first-order valence-electron chi connectivity index (χ1n) is 8.49. The predicted molar refractivity (Wildman–Crippen MR) is 106 cm³/mol. The fourth-order valence-electron chi connectivity index (χ4n) is 3.07. The molecule has 0 spiro atoms. The molecule has 2 heterocycles. The number of carbonyl (C=O) groups is 1. The lowest BCUT2D eigenvalue weighted by molar-refractivity contribution is 0.102. The Bertz CT molecular complexity index is 1280. The maximum absolute atomic E-state index is 13.0. The first-order chi connectivity index (χ1) is 13.4.